The molecule has 4 N–H and O–H groups in total. The second-order valence-corrected chi connectivity index (χ2v) is 5.26. The van der Waals surface area contributed by atoms with Crippen molar-refractivity contribution in [3.05, 3.63) is 0 Å². The fraction of sp³-hybridized carbons (Fsp3) is 0.857. The van der Waals surface area contributed by atoms with Crippen molar-refractivity contribution in [2.24, 2.45) is 11.5 Å². The van der Waals surface area contributed by atoms with Crippen molar-refractivity contribution < 1.29 is 26.5 Å². The molecular weight excluding hydrogens is 356 g/mol. The molecule has 0 heterocycles. The molecule has 0 fully saturated rings. The topological polar surface area (TPSA) is 70.5 Å². The van der Waals surface area contributed by atoms with Gasteiger partial charge in [-0.15, -0.1) is 0 Å². The first-order valence-corrected chi connectivity index (χ1v) is 8.20. The smallest absolute Gasteiger partial charge is 0.253 e. The third kappa shape index (κ3) is 33.0. The van der Waals surface area contributed by atoms with Crippen LogP contribution in [0.1, 0.15) is 65.2 Å². The zero-order chi connectivity index (χ0) is 15.6. The number of nitrogens with two attached hydrogens (primary N) is 2. The third-order valence-electron chi connectivity index (χ3n) is 2.48. The van der Waals surface area contributed by atoms with Crippen LogP contribution in [-0.4, -0.2) is 23.6 Å². The number of hydrogen-bond donors (Lipinski definition) is 2. The van der Waals surface area contributed by atoms with Crippen molar-refractivity contribution >= 4 is 34.8 Å². The van der Waals surface area contributed by atoms with Crippen LogP contribution in [0.5, 0.6) is 0 Å². The van der Waals surface area contributed by atoms with Gasteiger partial charge in [0.15, 0.2) is 0 Å². The Kier molecular flexibility index (Phi) is 27.3. The summed E-state index contributed by atoms with van der Waals surface area (Å²) in [7, 11) is 0. The summed E-state index contributed by atoms with van der Waals surface area (Å²) in [6.45, 7) is 5.70. The molecule has 0 atom stereocenters. The molecular formula is C14H30CuN2O2S2. The summed E-state index contributed by atoms with van der Waals surface area (Å²) >= 11 is 9.06. The summed E-state index contributed by atoms with van der Waals surface area (Å²) in [5.41, 5.74) is 10.2. The van der Waals surface area contributed by atoms with Crippen LogP contribution in [0.25, 0.3) is 0 Å². The van der Waals surface area contributed by atoms with Crippen molar-refractivity contribution in [1.82, 2.24) is 0 Å². The average molecular weight is 386 g/mol. The summed E-state index contributed by atoms with van der Waals surface area (Å²) in [6, 6.07) is 0. The molecule has 0 saturated heterocycles. The van der Waals surface area contributed by atoms with Crippen LogP contribution >= 0.6 is 24.4 Å². The second kappa shape index (κ2) is 22.2. The van der Waals surface area contributed by atoms with E-state index >= 15 is 0 Å². The molecule has 0 aliphatic carbocycles. The maximum atomic E-state index is 5.12. The van der Waals surface area contributed by atoms with Crippen molar-refractivity contribution in [2.45, 2.75) is 65.2 Å². The zero-order valence-corrected chi connectivity index (χ0v) is 15.7. The minimum absolute atomic E-state index is 0. The molecule has 0 spiro atoms. The van der Waals surface area contributed by atoms with E-state index in [1.807, 2.05) is 0 Å². The summed E-state index contributed by atoms with van der Waals surface area (Å²) < 4.78 is 9.80. The summed E-state index contributed by atoms with van der Waals surface area (Å²) in [5, 5.41) is 0.327. The van der Waals surface area contributed by atoms with Crippen molar-refractivity contribution in [3.8, 4) is 0 Å². The normalized spacial score (nSPS) is 8.86. The van der Waals surface area contributed by atoms with Crippen LogP contribution in [0.3, 0.4) is 0 Å². The molecule has 0 unspecified atom stereocenters. The Labute approximate surface area is 151 Å². The Hall–Kier alpha value is -0.101. The van der Waals surface area contributed by atoms with Crippen LogP contribution in [-0.2, 0) is 26.5 Å². The number of rotatable bonds is 10. The van der Waals surface area contributed by atoms with E-state index in [0.717, 1.165) is 12.8 Å². The Morgan fingerprint density at radius 3 is 1.29 bits per heavy atom. The molecule has 0 aliphatic rings. The Morgan fingerprint density at radius 2 is 1.05 bits per heavy atom. The van der Waals surface area contributed by atoms with Gasteiger partial charge < -0.3 is 20.9 Å². The first-order chi connectivity index (χ1) is 9.54. The van der Waals surface area contributed by atoms with Gasteiger partial charge in [-0.3, -0.25) is 0 Å². The minimum Gasteiger partial charge on any atom is -0.471 e. The predicted octanol–water partition coefficient (Wildman–Crippen LogP) is 3.65. The molecule has 1 radical (unpaired) electrons. The van der Waals surface area contributed by atoms with Crippen LogP contribution < -0.4 is 11.5 Å². The largest absolute Gasteiger partial charge is 0.471 e. The SMILES string of the molecule is CCCCCCOC(N)=S.CCCCCCOC(N)=S.[Cu]. The second-order valence-electron chi connectivity index (χ2n) is 4.46. The molecule has 0 aromatic carbocycles. The standard InChI is InChI=1S/2C7H15NOS.Cu/c2*1-2-3-4-5-6-9-7(8)10;/h2*2-6H2,1H3,(H2,8,10);. The van der Waals surface area contributed by atoms with Gasteiger partial charge in [0.25, 0.3) is 10.3 Å². The number of unbranched alkanes of at least 4 members (excludes halogenated alkanes) is 6. The molecule has 131 valence electrons. The summed E-state index contributed by atoms with van der Waals surface area (Å²) in [5.74, 6) is 0. The number of hydrogen-bond acceptors (Lipinski definition) is 4. The molecule has 0 amide bonds. The van der Waals surface area contributed by atoms with Crippen molar-refractivity contribution in [3.63, 3.8) is 0 Å². The molecule has 7 heteroatoms. The molecule has 0 aromatic heterocycles. The quantitative estimate of drug-likeness (QED) is 0.339. The van der Waals surface area contributed by atoms with Crippen molar-refractivity contribution in [2.75, 3.05) is 13.2 Å². The zero-order valence-electron chi connectivity index (χ0n) is 13.2. The van der Waals surface area contributed by atoms with Crippen LogP contribution in [0, 0.1) is 0 Å². The molecule has 0 aromatic rings. The van der Waals surface area contributed by atoms with Gasteiger partial charge in [-0.1, -0.05) is 52.4 Å². The maximum absolute atomic E-state index is 5.12. The Morgan fingerprint density at radius 1 is 0.714 bits per heavy atom. The summed E-state index contributed by atoms with van der Waals surface area (Å²) in [6.07, 6.45) is 9.55. The first kappa shape index (κ1) is 25.8. The fourth-order valence-electron chi connectivity index (χ4n) is 1.40. The number of ether oxygens (including phenoxy) is 2. The molecule has 0 saturated carbocycles. The molecule has 0 rings (SSSR count). The summed E-state index contributed by atoms with van der Waals surface area (Å²) in [4.78, 5) is 0. The van der Waals surface area contributed by atoms with E-state index in [9.17, 15) is 0 Å². The Bertz CT molecular complexity index is 221. The Balaban J connectivity index is -0.000000295. The van der Waals surface area contributed by atoms with Gasteiger partial charge in [0.05, 0.1) is 13.2 Å². The van der Waals surface area contributed by atoms with E-state index in [-0.39, 0.29) is 27.4 Å². The van der Waals surface area contributed by atoms with Crippen molar-refractivity contribution in [1.29, 1.82) is 0 Å². The van der Waals surface area contributed by atoms with Gasteiger partial charge >= 0.3 is 0 Å². The molecule has 21 heavy (non-hydrogen) atoms. The molecule has 0 bridgehead atoms. The first-order valence-electron chi connectivity index (χ1n) is 7.39. The van der Waals surface area contributed by atoms with Gasteiger partial charge in [-0.05, 0) is 37.3 Å². The van der Waals surface area contributed by atoms with E-state index in [4.69, 9.17) is 20.9 Å². The predicted molar refractivity (Wildman–Crippen MR) is 93.8 cm³/mol. The minimum atomic E-state index is 0. The van der Waals surface area contributed by atoms with E-state index in [1.165, 1.54) is 38.5 Å². The van der Waals surface area contributed by atoms with Gasteiger partial charge in [0.2, 0.25) is 0 Å². The van der Waals surface area contributed by atoms with E-state index in [0.29, 0.717) is 13.2 Å². The van der Waals surface area contributed by atoms with Gasteiger partial charge in [-0.25, -0.2) is 0 Å². The molecule has 0 aliphatic heterocycles. The van der Waals surface area contributed by atoms with Gasteiger partial charge in [0, 0.05) is 17.1 Å². The van der Waals surface area contributed by atoms with E-state index in [1.54, 1.807) is 0 Å². The van der Waals surface area contributed by atoms with Crippen LogP contribution in [0.15, 0.2) is 0 Å². The fourth-order valence-corrected chi connectivity index (χ4v) is 1.57. The number of thiocarbonyl (C=S) groups is 2. The average Bonchev–Trinajstić information content (AvgIpc) is 2.38. The van der Waals surface area contributed by atoms with Gasteiger partial charge in [0.1, 0.15) is 0 Å². The monoisotopic (exact) mass is 385 g/mol. The molecule has 4 nitrogen and oxygen atoms in total. The van der Waals surface area contributed by atoms with E-state index in [2.05, 4.69) is 38.3 Å². The maximum Gasteiger partial charge on any atom is 0.253 e. The van der Waals surface area contributed by atoms with Crippen LogP contribution in [0.2, 0.25) is 0 Å². The third-order valence-corrected chi connectivity index (χ3v) is 2.72. The van der Waals surface area contributed by atoms with Crippen LogP contribution in [0.4, 0.5) is 0 Å². The van der Waals surface area contributed by atoms with E-state index < -0.39 is 0 Å². The van der Waals surface area contributed by atoms with Gasteiger partial charge in [-0.2, -0.15) is 0 Å².